The summed E-state index contributed by atoms with van der Waals surface area (Å²) in [7, 11) is 0. The number of aromatic nitrogens is 2. The van der Waals surface area contributed by atoms with E-state index in [1.54, 1.807) is 12.1 Å². The van der Waals surface area contributed by atoms with Gasteiger partial charge in [0.2, 0.25) is 0 Å². The number of carbonyl (C=O) groups excluding carboxylic acids is 1. The van der Waals surface area contributed by atoms with Gasteiger partial charge < -0.3 is 10.1 Å². The molecule has 1 aliphatic rings. The number of carbonyl (C=O) groups is 1. The molecule has 24 heavy (non-hydrogen) atoms. The van der Waals surface area contributed by atoms with Crippen LogP contribution in [0.4, 0.5) is 8.78 Å². The van der Waals surface area contributed by atoms with Crippen LogP contribution < -0.4 is 5.32 Å². The van der Waals surface area contributed by atoms with Crippen LogP contribution >= 0.6 is 23.2 Å². The molecule has 0 atom stereocenters. The SMILES string of the molecule is FC(F)c1ccnn1-c1ccc(Cl)cc1Cl.O=CC1CCNCC1. The summed E-state index contributed by atoms with van der Waals surface area (Å²) >= 11 is 11.6. The van der Waals surface area contributed by atoms with Gasteiger partial charge in [-0.1, -0.05) is 23.2 Å². The van der Waals surface area contributed by atoms with Crippen LogP contribution in [0, 0.1) is 5.92 Å². The number of rotatable bonds is 3. The van der Waals surface area contributed by atoms with Crippen molar-refractivity contribution in [2.75, 3.05) is 13.1 Å². The van der Waals surface area contributed by atoms with Gasteiger partial charge in [0.1, 0.15) is 12.0 Å². The van der Waals surface area contributed by atoms with Crippen LogP contribution in [-0.4, -0.2) is 29.2 Å². The van der Waals surface area contributed by atoms with Gasteiger partial charge in [0.05, 0.1) is 10.7 Å². The van der Waals surface area contributed by atoms with E-state index in [9.17, 15) is 13.6 Å². The van der Waals surface area contributed by atoms with Crippen molar-refractivity contribution in [3.63, 3.8) is 0 Å². The lowest BCUT2D eigenvalue weighted by molar-refractivity contribution is -0.111. The first-order chi connectivity index (χ1) is 11.5. The minimum atomic E-state index is -2.60. The molecular formula is C16H17Cl2F2N3O. The normalized spacial score (nSPS) is 15.0. The Morgan fingerprint density at radius 3 is 2.50 bits per heavy atom. The molecule has 1 N–H and O–H groups in total. The standard InChI is InChI=1S/C10H6Cl2F2N2.C6H11NO/c11-6-1-2-8(7(12)5-6)16-9(10(13)14)3-4-15-16;8-5-6-1-3-7-4-2-6/h1-5,10H;5-7H,1-4H2. The highest BCUT2D eigenvalue weighted by molar-refractivity contribution is 6.35. The second-order valence-electron chi connectivity index (χ2n) is 5.29. The molecule has 3 rings (SSSR count). The van der Waals surface area contributed by atoms with Gasteiger partial charge in [-0.25, -0.2) is 13.5 Å². The average molecular weight is 376 g/mol. The molecule has 130 valence electrons. The molecule has 1 aromatic carbocycles. The van der Waals surface area contributed by atoms with Crippen molar-refractivity contribution in [2.24, 2.45) is 5.92 Å². The molecule has 2 heterocycles. The molecule has 0 bridgehead atoms. The highest BCUT2D eigenvalue weighted by Gasteiger charge is 2.16. The third-order valence-corrected chi connectivity index (χ3v) is 4.15. The number of nitrogens with zero attached hydrogens (tertiary/aromatic N) is 2. The smallest absolute Gasteiger partial charge is 0.280 e. The zero-order valence-electron chi connectivity index (χ0n) is 12.8. The zero-order chi connectivity index (χ0) is 17.5. The maximum absolute atomic E-state index is 12.6. The Balaban J connectivity index is 0.000000219. The van der Waals surface area contributed by atoms with Crippen molar-refractivity contribution < 1.29 is 13.6 Å². The Bertz CT molecular complexity index is 673. The van der Waals surface area contributed by atoms with Gasteiger partial charge in [0, 0.05) is 17.1 Å². The molecular weight excluding hydrogens is 359 g/mol. The number of hydrogen-bond acceptors (Lipinski definition) is 3. The summed E-state index contributed by atoms with van der Waals surface area (Å²) in [5, 5.41) is 7.72. The van der Waals surface area contributed by atoms with E-state index in [1.165, 1.54) is 18.3 Å². The Morgan fingerprint density at radius 1 is 1.25 bits per heavy atom. The average Bonchev–Trinajstić information content (AvgIpc) is 3.06. The Labute approximate surface area is 148 Å². The number of halogens is 4. The van der Waals surface area contributed by atoms with E-state index in [1.807, 2.05) is 0 Å². The van der Waals surface area contributed by atoms with Crippen molar-refractivity contribution in [2.45, 2.75) is 19.3 Å². The predicted molar refractivity (Wildman–Crippen MR) is 90.2 cm³/mol. The molecule has 4 nitrogen and oxygen atoms in total. The fraction of sp³-hybridized carbons (Fsp3) is 0.375. The summed E-state index contributed by atoms with van der Waals surface area (Å²) in [5.74, 6) is 0.344. The maximum atomic E-state index is 12.6. The second kappa shape index (κ2) is 9.11. The molecule has 1 aliphatic heterocycles. The molecule has 1 saturated heterocycles. The van der Waals surface area contributed by atoms with Crippen LogP contribution in [0.3, 0.4) is 0 Å². The number of hydrogen-bond donors (Lipinski definition) is 1. The number of nitrogens with one attached hydrogen (secondary N) is 1. The molecule has 1 fully saturated rings. The van der Waals surface area contributed by atoms with Crippen LogP contribution in [0.2, 0.25) is 10.0 Å². The third kappa shape index (κ3) is 5.00. The molecule has 0 unspecified atom stereocenters. The van der Waals surface area contributed by atoms with E-state index in [0.29, 0.717) is 16.6 Å². The summed E-state index contributed by atoms with van der Waals surface area (Å²) in [6, 6.07) is 5.84. The zero-order valence-corrected chi connectivity index (χ0v) is 14.3. The number of piperidine rings is 1. The minimum absolute atomic E-state index is 0.204. The predicted octanol–water partition coefficient (Wildman–Crippen LogP) is 4.30. The van der Waals surface area contributed by atoms with Crippen molar-refractivity contribution in [1.29, 1.82) is 0 Å². The summed E-state index contributed by atoms with van der Waals surface area (Å²) < 4.78 is 26.4. The van der Waals surface area contributed by atoms with E-state index in [4.69, 9.17) is 23.2 Å². The van der Waals surface area contributed by atoms with Crippen LogP contribution in [0.5, 0.6) is 0 Å². The van der Waals surface area contributed by atoms with E-state index < -0.39 is 6.43 Å². The van der Waals surface area contributed by atoms with E-state index in [0.717, 1.165) is 36.9 Å². The summed E-state index contributed by atoms with van der Waals surface area (Å²) in [6.07, 6.45) is 1.83. The van der Waals surface area contributed by atoms with Crippen molar-refractivity contribution >= 4 is 29.5 Å². The van der Waals surface area contributed by atoms with Gasteiger partial charge in [0.15, 0.2) is 0 Å². The van der Waals surface area contributed by atoms with Gasteiger partial charge in [-0.3, -0.25) is 0 Å². The summed E-state index contributed by atoms with van der Waals surface area (Å²) in [4.78, 5) is 10.1. The highest BCUT2D eigenvalue weighted by Crippen LogP contribution is 2.27. The van der Waals surface area contributed by atoms with E-state index in [-0.39, 0.29) is 10.7 Å². The lowest BCUT2D eigenvalue weighted by Gasteiger charge is -2.16. The molecule has 0 saturated carbocycles. The van der Waals surface area contributed by atoms with Crippen molar-refractivity contribution in [3.05, 3.63) is 46.2 Å². The van der Waals surface area contributed by atoms with Crippen molar-refractivity contribution in [1.82, 2.24) is 15.1 Å². The summed E-state index contributed by atoms with van der Waals surface area (Å²) in [6.45, 7) is 2.03. The lowest BCUT2D eigenvalue weighted by atomic mass is 10.0. The maximum Gasteiger partial charge on any atom is 0.280 e. The highest BCUT2D eigenvalue weighted by atomic mass is 35.5. The van der Waals surface area contributed by atoms with Gasteiger partial charge in [0.25, 0.3) is 6.43 Å². The minimum Gasteiger partial charge on any atom is -0.317 e. The Hall–Kier alpha value is -1.50. The van der Waals surface area contributed by atoms with E-state index >= 15 is 0 Å². The van der Waals surface area contributed by atoms with Gasteiger partial charge in [-0.15, -0.1) is 0 Å². The number of benzene rings is 1. The quantitative estimate of drug-likeness (QED) is 0.813. The summed E-state index contributed by atoms with van der Waals surface area (Å²) in [5.41, 5.74) is 0.176. The fourth-order valence-electron chi connectivity index (χ4n) is 2.31. The van der Waals surface area contributed by atoms with Gasteiger partial charge in [-0.2, -0.15) is 5.10 Å². The van der Waals surface area contributed by atoms with Crippen LogP contribution in [0.25, 0.3) is 5.69 Å². The molecule has 0 amide bonds. The molecule has 8 heteroatoms. The van der Waals surface area contributed by atoms with Crippen molar-refractivity contribution in [3.8, 4) is 5.69 Å². The fourth-order valence-corrected chi connectivity index (χ4v) is 2.80. The molecule has 2 aromatic rings. The van der Waals surface area contributed by atoms with E-state index in [2.05, 4.69) is 10.4 Å². The monoisotopic (exact) mass is 375 g/mol. The molecule has 0 aliphatic carbocycles. The lowest BCUT2D eigenvalue weighted by Crippen LogP contribution is -2.28. The molecule has 0 radical (unpaired) electrons. The second-order valence-corrected chi connectivity index (χ2v) is 6.13. The largest absolute Gasteiger partial charge is 0.317 e. The topological polar surface area (TPSA) is 46.9 Å². The Kier molecular flexibility index (Phi) is 7.15. The van der Waals surface area contributed by atoms with Gasteiger partial charge >= 0.3 is 0 Å². The first-order valence-electron chi connectivity index (χ1n) is 7.46. The van der Waals surface area contributed by atoms with Crippen LogP contribution in [0.15, 0.2) is 30.5 Å². The molecule has 1 aromatic heterocycles. The van der Waals surface area contributed by atoms with Gasteiger partial charge in [-0.05, 0) is 50.2 Å². The first-order valence-corrected chi connectivity index (χ1v) is 8.22. The molecule has 0 spiro atoms. The number of aldehydes is 1. The third-order valence-electron chi connectivity index (χ3n) is 3.61. The first kappa shape index (κ1) is 18.8. The van der Waals surface area contributed by atoms with Crippen LogP contribution in [0.1, 0.15) is 25.0 Å². The van der Waals surface area contributed by atoms with Crippen LogP contribution in [-0.2, 0) is 4.79 Å². The Morgan fingerprint density at radius 2 is 1.96 bits per heavy atom. The number of alkyl halides is 2.